The molecule has 0 saturated heterocycles. The third-order valence-electron chi connectivity index (χ3n) is 11.0. The van der Waals surface area contributed by atoms with Crippen molar-refractivity contribution >= 4 is 81.6 Å². The van der Waals surface area contributed by atoms with Crippen molar-refractivity contribution in [2.75, 3.05) is 0 Å². The third kappa shape index (κ3) is 3.70. The van der Waals surface area contributed by atoms with Gasteiger partial charge in [0.05, 0.1) is 33.1 Å². The highest BCUT2D eigenvalue weighted by molar-refractivity contribution is 6.36. The first-order valence-electron chi connectivity index (χ1n) is 17.8. The Morgan fingerprint density at radius 3 is 1.87 bits per heavy atom. The highest BCUT2D eigenvalue weighted by atomic mass is 15.1. The van der Waals surface area contributed by atoms with Crippen molar-refractivity contribution in [2.45, 2.75) is 0 Å². The van der Waals surface area contributed by atoms with Gasteiger partial charge in [-0.1, -0.05) is 121 Å². The van der Waals surface area contributed by atoms with Crippen LogP contribution < -0.4 is 0 Å². The average molecular weight is 661 g/mol. The Hall–Kier alpha value is -7.04. The summed E-state index contributed by atoms with van der Waals surface area (Å²) in [5.41, 5.74) is 10.2. The fraction of sp³-hybridized carbons (Fsp3) is 0. The van der Waals surface area contributed by atoms with Crippen molar-refractivity contribution in [3.63, 3.8) is 0 Å². The number of hydrogen-bond donors (Lipinski definition) is 0. The van der Waals surface area contributed by atoms with Crippen molar-refractivity contribution in [2.24, 2.45) is 0 Å². The predicted molar refractivity (Wildman–Crippen MR) is 217 cm³/mol. The van der Waals surface area contributed by atoms with Crippen LogP contribution in [0.2, 0.25) is 0 Å². The molecular weight excluding hydrogens is 633 g/mol. The summed E-state index contributed by atoms with van der Waals surface area (Å²) in [6, 6.07) is 61.0. The van der Waals surface area contributed by atoms with Gasteiger partial charge in [0.15, 0.2) is 5.82 Å². The van der Waals surface area contributed by atoms with Crippen LogP contribution in [0.15, 0.2) is 170 Å². The predicted octanol–water partition coefficient (Wildman–Crippen LogP) is 12.4. The smallest absolute Gasteiger partial charge is 0.162 e. The quantitative estimate of drug-likeness (QED) is 0.189. The Morgan fingerprint density at radius 1 is 0.365 bits per heavy atom. The van der Waals surface area contributed by atoms with Gasteiger partial charge in [0.1, 0.15) is 5.82 Å². The number of aromatic nitrogens is 4. The van der Waals surface area contributed by atoms with Gasteiger partial charge in [0.2, 0.25) is 0 Å². The number of rotatable bonds is 3. The molecule has 240 valence electrons. The standard InChI is InChI=1S/C48H28N4/c1-2-13-29(14-3-1)30-17-12-18-33(25-30)47-49-39-22-9-6-20-35(39)48(50-47)52-42-27-32-16-5-4-15-31(32)26-38(42)44-43(52)28-37-34-19-7-10-23-40(34)51-41-24-11-8-21-36(41)45(44)46(37)51/h1-28H. The highest BCUT2D eigenvalue weighted by Gasteiger charge is 2.25. The van der Waals surface area contributed by atoms with Crippen LogP contribution in [0.25, 0.3) is 110 Å². The average Bonchev–Trinajstić information content (AvgIpc) is 3.84. The van der Waals surface area contributed by atoms with E-state index in [-0.39, 0.29) is 0 Å². The van der Waals surface area contributed by atoms with E-state index in [9.17, 15) is 0 Å². The molecule has 52 heavy (non-hydrogen) atoms. The SMILES string of the molecule is c1ccc(-c2cccc(-c3nc(-n4c5cc6ccccc6cc5c5c6c7ccccc7n7c8ccccc8c(cc54)c67)c4ccccc4n3)c2)cc1. The first kappa shape index (κ1) is 27.7. The van der Waals surface area contributed by atoms with E-state index in [1.165, 1.54) is 65.2 Å². The van der Waals surface area contributed by atoms with E-state index < -0.39 is 0 Å². The maximum Gasteiger partial charge on any atom is 0.162 e. The van der Waals surface area contributed by atoms with Gasteiger partial charge in [-0.15, -0.1) is 0 Å². The van der Waals surface area contributed by atoms with Gasteiger partial charge in [-0.25, -0.2) is 9.97 Å². The molecule has 4 nitrogen and oxygen atoms in total. The monoisotopic (exact) mass is 660 g/mol. The second kappa shape index (κ2) is 10.3. The van der Waals surface area contributed by atoms with E-state index in [4.69, 9.17) is 9.97 Å². The Bertz CT molecular complexity index is 3410. The highest BCUT2D eigenvalue weighted by Crippen LogP contribution is 2.47. The topological polar surface area (TPSA) is 35.1 Å². The molecule has 0 spiro atoms. The van der Waals surface area contributed by atoms with Crippen molar-refractivity contribution in [3.05, 3.63) is 170 Å². The van der Waals surface area contributed by atoms with Crippen LogP contribution in [0.4, 0.5) is 0 Å². The van der Waals surface area contributed by atoms with Crippen molar-refractivity contribution in [1.29, 1.82) is 0 Å². The molecule has 0 aliphatic rings. The summed E-state index contributed by atoms with van der Waals surface area (Å²) >= 11 is 0. The van der Waals surface area contributed by atoms with Crippen LogP contribution >= 0.6 is 0 Å². The molecule has 0 aliphatic heterocycles. The van der Waals surface area contributed by atoms with Gasteiger partial charge in [-0.2, -0.15) is 0 Å². The lowest BCUT2D eigenvalue weighted by Crippen LogP contribution is -2.02. The maximum absolute atomic E-state index is 5.52. The van der Waals surface area contributed by atoms with Crippen LogP contribution in [-0.2, 0) is 0 Å². The second-order valence-corrected chi connectivity index (χ2v) is 13.8. The largest absolute Gasteiger partial charge is 0.308 e. The minimum atomic E-state index is 0.704. The lowest BCUT2D eigenvalue weighted by Gasteiger charge is -2.13. The molecule has 0 radical (unpaired) electrons. The molecule has 0 aliphatic carbocycles. The zero-order valence-electron chi connectivity index (χ0n) is 28.0. The van der Waals surface area contributed by atoms with Crippen LogP contribution in [0.3, 0.4) is 0 Å². The molecule has 0 unspecified atom stereocenters. The van der Waals surface area contributed by atoms with Crippen molar-refractivity contribution < 1.29 is 0 Å². The number of para-hydroxylation sites is 3. The minimum Gasteiger partial charge on any atom is -0.308 e. The van der Waals surface area contributed by atoms with E-state index in [2.05, 4.69) is 179 Å². The minimum absolute atomic E-state index is 0.704. The molecule has 12 aromatic rings. The number of hydrogen-bond acceptors (Lipinski definition) is 2. The van der Waals surface area contributed by atoms with Gasteiger partial charge in [0, 0.05) is 43.3 Å². The van der Waals surface area contributed by atoms with Crippen molar-refractivity contribution in [1.82, 2.24) is 18.9 Å². The zero-order chi connectivity index (χ0) is 33.9. The molecule has 0 atom stereocenters. The summed E-state index contributed by atoms with van der Waals surface area (Å²) < 4.78 is 4.88. The Morgan fingerprint density at radius 2 is 1.02 bits per heavy atom. The molecule has 0 saturated carbocycles. The first-order valence-corrected chi connectivity index (χ1v) is 17.8. The molecule has 0 bridgehead atoms. The summed E-state index contributed by atoms with van der Waals surface area (Å²) in [6.07, 6.45) is 0. The van der Waals surface area contributed by atoms with E-state index >= 15 is 0 Å². The van der Waals surface area contributed by atoms with Gasteiger partial charge >= 0.3 is 0 Å². The van der Waals surface area contributed by atoms with Crippen LogP contribution in [-0.4, -0.2) is 18.9 Å². The molecule has 0 N–H and O–H groups in total. The third-order valence-corrected chi connectivity index (χ3v) is 11.0. The second-order valence-electron chi connectivity index (χ2n) is 13.8. The summed E-state index contributed by atoms with van der Waals surface area (Å²) in [6.45, 7) is 0. The fourth-order valence-electron chi connectivity index (χ4n) is 8.75. The van der Waals surface area contributed by atoms with Gasteiger partial charge in [0.25, 0.3) is 0 Å². The van der Waals surface area contributed by atoms with Gasteiger partial charge in [-0.05, 0) is 70.4 Å². The fourth-order valence-corrected chi connectivity index (χ4v) is 8.75. The zero-order valence-corrected chi connectivity index (χ0v) is 28.0. The van der Waals surface area contributed by atoms with Crippen LogP contribution in [0.1, 0.15) is 0 Å². The number of benzene rings is 8. The molecule has 12 rings (SSSR count). The summed E-state index contributed by atoms with van der Waals surface area (Å²) in [4.78, 5) is 10.7. The van der Waals surface area contributed by atoms with E-state index in [1.54, 1.807) is 0 Å². The van der Waals surface area contributed by atoms with E-state index in [0.717, 1.165) is 38.9 Å². The summed E-state index contributed by atoms with van der Waals surface area (Å²) in [5.74, 6) is 1.58. The Labute approximate surface area is 297 Å². The normalized spacial score (nSPS) is 12.2. The molecule has 0 amide bonds. The Balaban J connectivity index is 1.27. The number of fused-ring (bicyclic) bond motifs is 12. The molecule has 4 aromatic heterocycles. The summed E-state index contributed by atoms with van der Waals surface area (Å²) in [7, 11) is 0. The summed E-state index contributed by atoms with van der Waals surface area (Å²) in [5, 5.41) is 10.9. The molecular formula is C48H28N4. The number of nitrogens with zero attached hydrogens (tertiary/aromatic N) is 4. The van der Waals surface area contributed by atoms with Gasteiger partial charge < -0.3 is 4.40 Å². The lowest BCUT2D eigenvalue weighted by atomic mass is 10.0. The van der Waals surface area contributed by atoms with E-state index in [1.807, 2.05) is 0 Å². The van der Waals surface area contributed by atoms with Gasteiger partial charge in [-0.3, -0.25) is 4.57 Å². The van der Waals surface area contributed by atoms with Crippen LogP contribution in [0, 0.1) is 0 Å². The molecule has 0 fully saturated rings. The lowest BCUT2D eigenvalue weighted by molar-refractivity contribution is 1.08. The Kier molecular flexibility index (Phi) is 5.47. The first-order chi connectivity index (χ1) is 25.8. The molecule has 4 heteroatoms. The molecule has 8 aromatic carbocycles. The van der Waals surface area contributed by atoms with Crippen LogP contribution in [0.5, 0.6) is 0 Å². The maximum atomic E-state index is 5.52. The van der Waals surface area contributed by atoms with E-state index in [0.29, 0.717) is 5.82 Å². The van der Waals surface area contributed by atoms with Crippen molar-refractivity contribution in [3.8, 4) is 28.3 Å². The molecule has 4 heterocycles.